The van der Waals surface area contributed by atoms with Crippen molar-refractivity contribution in [2.45, 2.75) is 48.5 Å². The molecule has 0 atom stereocenters. The van der Waals surface area contributed by atoms with Crippen LogP contribution < -0.4 is 0 Å². The van der Waals surface area contributed by atoms with E-state index in [1.807, 2.05) is 69.6 Å². The molecule has 0 saturated heterocycles. The van der Waals surface area contributed by atoms with Gasteiger partial charge in [0.15, 0.2) is 0 Å². The van der Waals surface area contributed by atoms with Gasteiger partial charge in [-0.15, -0.1) is 20.4 Å². The van der Waals surface area contributed by atoms with Gasteiger partial charge in [0.05, 0.1) is 34.2 Å². The van der Waals surface area contributed by atoms with E-state index in [0.717, 1.165) is 40.0 Å². The van der Waals surface area contributed by atoms with Crippen molar-refractivity contribution in [3.63, 3.8) is 0 Å². The molecule has 0 unspecified atom stereocenters. The predicted molar refractivity (Wildman–Crippen MR) is 115 cm³/mol. The van der Waals surface area contributed by atoms with Gasteiger partial charge in [0.25, 0.3) is 0 Å². The predicted octanol–water partition coefficient (Wildman–Crippen LogP) is 0.814. The summed E-state index contributed by atoms with van der Waals surface area (Å²) in [5.74, 6) is 0.833. The lowest BCUT2D eigenvalue weighted by Crippen LogP contribution is -1.92. The summed E-state index contributed by atoms with van der Waals surface area (Å²) in [6.45, 7) is 13.7. The molecule has 0 saturated carbocycles. The molecule has 13 heteroatoms. The van der Waals surface area contributed by atoms with E-state index in [0.29, 0.717) is 0 Å². The van der Waals surface area contributed by atoms with Crippen LogP contribution in [-0.2, 0) is 28.2 Å². The van der Waals surface area contributed by atoms with Gasteiger partial charge < -0.3 is 0 Å². The largest absolute Gasteiger partial charge is 0.252 e. The molecule has 4 heterocycles. The van der Waals surface area contributed by atoms with E-state index in [-0.39, 0.29) is 0 Å². The first-order valence-corrected chi connectivity index (χ1v) is 9.63. The lowest BCUT2D eigenvalue weighted by molar-refractivity contribution is 0.695. The fourth-order valence-corrected chi connectivity index (χ4v) is 1.80. The molecular weight excluding hydrogens is 398 g/mol. The Balaban J connectivity index is 0.000000207. The van der Waals surface area contributed by atoms with E-state index in [4.69, 9.17) is 0 Å². The van der Waals surface area contributed by atoms with Crippen LogP contribution in [0.4, 0.5) is 0 Å². The maximum atomic E-state index is 3.83. The van der Waals surface area contributed by atoms with Crippen molar-refractivity contribution in [1.82, 2.24) is 65.2 Å². The van der Waals surface area contributed by atoms with Crippen LogP contribution in [0.25, 0.3) is 0 Å². The minimum atomic E-state index is 0.833. The lowest BCUT2D eigenvalue weighted by atomic mass is 10.4. The first kappa shape index (κ1) is 25.5. The monoisotopic (exact) mass is 431 g/mol. The average Bonchev–Trinajstić information content (AvgIpc) is 3.44. The zero-order chi connectivity index (χ0) is 23.7. The zero-order valence-electron chi connectivity index (χ0n) is 20.3. The van der Waals surface area contributed by atoms with Gasteiger partial charge in [0, 0.05) is 28.2 Å². The summed E-state index contributed by atoms with van der Waals surface area (Å²) in [7, 11) is 7.45. The average molecular weight is 432 g/mol. The van der Waals surface area contributed by atoms with Gasteiger partial charge >= 0.3 is 0 Å². The third-order valence-corrected chi connectivity index (χ3v) is 4.85. The van der Waals surface area contributed by atoms with Crippen LogP contribution in [0, 0.1) is 48.5 Å². The van der Waals surface area contributed by atoms with E-state index in [1.54, 1.807) is 25.8 Å². The Kier molecular flexibility index (Phi) is 9.57. The molecule has 0 aliphatic carbocycles. The number of aromatic nitrogens is 13. The summed E-state index contributed by atoms with van der Waals surface area (Å²) in [4.78, 5) is 0. The van der Waals surface area contributed by atoms with Crippen LogP contribution >= 0.6 is 0 Å². The van der Waals surface area contributed by atoms with Crippen LogP contribution in [0.3, 0.4) is 0 Å². The van der Waals surface area contributed by atoms with E-state index >= 15 is 0 Å². The van der Waals surface area contributed by atoms with Crippen molar-refractivity contribution in [3.05, 3.63) is 40.0 Å². The Labute approximate surface area is 182 Å². The van der Waals surface area contributed by atoms with Crippen molar-refractivity contribution >= 4 is 0 Å². The van der Waals surface area contributed by atoms with Crippen LogP contribution in [0.2, 0.25) is 0 Å². The SMILES string of the molecule is Cc1nnn(C)c1C.Cc1nnn(C)c1C.Cc1nnn(C)c1C.Cc1nnnn1C. The highest BCUT2D eigenvalue weighted by Crippen LogP contribution is 1.97. The fraction of sp³-hybridized carbons (Fsp3) is 0.611. The molecule has 4 aromatic heterocycles. The van der Waals surface area contributed by atoms with Crippen molar-refractivity contribution in [3.8, 4) is 0 Å². The van der Waals surface area contributed by atoms with Crippen LogP contribution in [0.5, 0.6) is 0 Å². The highest BCUT2D eigenvalue weighted by molar-refractivity contribution is 5.04. The second-order valence-electron chi connectivity index (χ2n) is 7.00. The minimum absolute atomic E-state index is 0.833. The first-order chi connectivity index (χ1) is 14.5. The van der Waals surface area contributed by atoms with Gasteiger partial charge in [-0.2, -0.15) is 0 Å². The smallest absolute Gasteiger partial charge is 0.147 e. The highest BCUT2D eigenvalue weighted by Gasteiger charge is 1.97. The van der Waals surface area contributed by atoms with Gasteiger partial charge in [0.1, 0.15) is 5.82 Å². The summed E-state index contributed by atoms with van der Waals surface area (Å²) in [6, 6.07) is 0. The number of tetrazole rings is 1. The maximum Gasteiger partial charge on any atom is 0.147 e. The van der Waals surface area contributed by atoms with E-state index in [2.05, 4.69) is 46.5 Å². The molecule has 0 fully saturated rings. The van der Waals surface area contributed by atoms with Crippen molar-refractivity contribution in [1.29, 1.82) is 0 Å². The summed E-state index contributed by atoms with van der Waals surface area (Å²) < 4.78 is 6.89. The van der Waals surface area contributed by atoms with Gasteiger partial charge in [-0.1, -0.05) is 15.6 Å². The fourth-order valence-electron chi connectivity index (χ4n) is 1.80. The van der Waals surface area contributed by atoms with Crippen LogP contribution in [-0.4, -0.2) is 65.2 Å². The Morgan fingerprint density at radius 1 is 0.419 bits per heavy atom. The molecule has 0 aliphatic heterocycles. The van der Waals surface area contributed by atoms with Gasteiger partial charge in [-0.05, 0) is 58.9 Å². The normalized spacial score (nSPS) is 9.77. The number of nitrogens with zero attached hydrogens (tertiary/aromatic N) is 13. The molecule has 170 valence electrons. The van der Waals surface area contributed by atoms with E-state index in [1.165, 1.54) is 0 Å². The zero-order valence-corrected chi connectivity index (χ0v) is 20.3. The van der Waals surface area contributed by atoms with E-state index in [9.17, 15) is 0 Å². The second-order valence-corrected chi connectivity index (χ2v) is 7.00. The third kappa shape index (κ3) is 7.68. The molecule has 0 aliphatic rings. The molecule has 13 nitrogen and oxygen atoms in total. The molecule has 0 aromatic carbocycles. The molecular formula is C18H33N13. The highest BCUT2D eigenvalue weighted by atomic mass is 15.5. The molecule has 0 amide bonds. The molecule has 0 radical (unpaired) electrons. The van der Waals surface area contributed by atoms with Crippen LogP contribution in [0.15, 0.2) is 0 Å². The number of rotatable bonds is 0. The summed E-state index contributed by atoms with van der Waals surface area (Å²) >= 11 is 0. The quantitative estimate of drug-likeness (QED) is 0.396. The lowest BCUT2D eigenvalue weighted by Gasteiger charge is -1.87. The molecule has 0 spiro atoms. The number of hydrogen-bond donors (Lipinski definition) is 0. The standard InChI is InChI=1S/3C5H9N3.C3H6N4/c3*1-4-5(2)8(3)7-6-4;1-3-4-5-6-7(3)2/h3*1-3H3;1-2H3. The van der Waals surface area contributed by atoms with Crippen molar-refractivity contribution < 1.29 is 0 Å². The van der Waals surface area contributed by atoms with Gasteiger partial charge in [-0.3, -0.25) is 14.0 Å². The maximum absolute atomic E-state index is 3.83. The molecule has 4 rings (SSSR count). The topological polar surface area (TPSA) is 136 Å². The minimum Gasteiger partial charge on any atom is -0.252 e. The Morgan fingerprint density at radius 3 is 0.806 bits per heavy atom. The summed E-state index contributed by atoms with van der Waals surface area (Å²) in [6.07, 6.45) is 0. The Morgan fingerprint density at radius 2 is 0.742 bits per heavy atom. The molecule has 31 heavy (non-hydrogen) atoms. The van der Waals surface area contributed by atoms with Crippen LogP contribution in [0.1, 0.15) is 40.0 Å². The van der Waals surface area contributed by atoms with Gasteiger partial charge in [0.2, 0.25) is 0 Å². The number of hydrogen-bond acceptors (Lipinski definition) is 9. The van der Waals surface area contributed by atoms with Crippen molar-refractivity contribution in [2.75, 3.05) is 0 Å². The summed E-state index contributed by atoms with van der Waals surface area (Å²) in [5, 5.41) is 33.4. The third-order valence-electron chi connectivity index (χ3n) is 4.85. The number of aryl methyl sites for hydroxylation is 8. The summed E-state index contributed by atoms with van der Waals surface area (Å²) in [5.41, 5.74) is 6.41. The molecule has 4 aromatic rings. The van der Waals surface area contributed by atoms with Gasteiger partial charge in [-0.25, -0.2) is 4.68 Å². The van der Waals surface area contributed by atoms with Crippen molar-refractivity contribution in [2.24, 2.45) is 28.2 Å². The Bertz CT molecular complexity index is 886. The first-order valence-electron chi connectivity index (χ1n) is 9.63. The Hall–Kier alpha value is -3.51. The van der Waals surface area contributed by atoms with E-state index < -0.39 is 0 Å². The molecule has 0 bridgehead atoms. The molecule has 0 N–H and O–H groups in total. The second kappa shape index (κ2) is 11.6.